The number of thioether (sulfide) groups is 1. The standard InChI is InChI=1S/C25H39N4O3PS/c1-23(2,3)32-22(30)29-10-8-17(9-11-29)27-21-26-14-16-12-18(13-19(33)20(16)28-21)34-15-24(4,5)25(6,7)31/h12-14,17,31H,8-11,15,33H2,1-7H3,(H,26,27,28). The third-order valence-corrected chi connectivity index (χ3v) is 8.30. The van der Waals surface area contributed by atoms with Crippen LogP contribution < -0.4 is 10.6 Å². The van der Waals surface area contributed by atoms with Crippen LogP contribution in [0.15, 0.2) is 23.2 Å². The third kappa shape index (κ3) is 6.96. The number of piperidine rings is 1. The fourth-order valence-corrected chi connectivity index (χ4v) is 5.29. The molecule has 2 N–H and O–H groups in total. The summed E-state index contributed by atoms with van der Waals surface area (Å²) in [6, 6.07) is 4.44. The Balaban J connectivity index is 1.62. The average molecular weight is 507 g/mol. The Bertz CT molecular complexity index is 1030. The number of nitrogens with one attached hydrogen (secondary N) is 1. The molecule has 0 aliphatic carbocycles. The molecule has 1 atom stereocenters. The maximum Gasteiger partial charge on any atom is 0.410 e. The van der Waals surface area contributed by atoms with Crippen molar-refractivity contribution in [3.63, 3.8) is 0 Å². The van der Waals surface area contributed by atoms with Crippen LogP contribution in [-0.4, -0.2) is 62.2 Å². The first-order valence-corrected chi connectivity index (χ1v) is 13.4. The molecule has 0 radical (unpaired) electrons. The van der Waals surface area contributed by atoms with Gasteiger partial charge in [-0.05, 0) is 64.9 Å². The number of hydrogen-bond acceptors (Lipinski definition) is 7. The normalized spacial score (nSPS) is 16.1. The lowest BCUT2D eigenvalue weighted by atomic mass is 9.79. The van der Waals surface area contributed by atoms with Crippen molar-refractivity contribution in [1.29, 1.82) is 0 Å². The van der Waals surface area contributed by atoms with E-state index < -0.39 is 11.2 Å². The Morgan fingerprint density at radius 1 is 1.21 bits per heavy atom. The molecule has 0 bridgehead atoms. The summed E-state index contributed by atoms with van der Waals surface area (Å²) in [6.45, 7) is 14.8. The highest BCUT2D eigenvalue weighted by Crippen LogP contribution is 2.36. The number of carbonyl (C=O) groups is 1. The molecular formula is C25H39N4O3PS. The van der Waals surface area contributed by atoms with Crippen LogP contribution in [0.5, 0.6) is 0 Å². The van der Waals surface area contributed by atoms with E-state index in [1.165, 1.54) is 0 Å². The number of nitrogens with zero attached hydrogens (tertiary/aromatic N) is 3. The zero-order valence-electron chi connectivity index (χ0n) is 21.4. The first-order valence-electron chi connectivity index (χ1n) is 11.8. The largest absolute Gasteiger partial charge is 0.444 e. The van der Waals surface area contributed by atoms with Crippen molar-refractivity contribution in [2.75, 3.05) is 24.2 Å². The molecule has 1 aliphatic heterocycles. The number of likely N-dealkylation sites (tertiary alicyclic amines) is 1. The van der Waals surface area contributed by atoms with Crippen LogP contribution in [0.2, 0.25) is 0 Å². The number of rotatable bonds is 6. The number of benzene rings is 1. The number of ether oxygens (including phenoxy) is 1. The van der Waals surface area contributed by atoms with Gasteiger partial charge in [0.1, 0.15) is 5.60 Å². The predicted molar refractivity (Wildman–Crippen MR) is 144 cm³/mol. The van der Waals surface area contributed by atoms with Crippen molar-refractivity contribution in [2.45, 2.75) is 83.4 Å². The maximum atomic E-state index is 12.3. The van der Waals surface area contributed by atoms with Crippen LogP contribution >= 0.6 is 21.0 Å². The van der Waals surface area contributed by atoms with Crippen molar-refractivity contribution in [2.24, 2.45) is 5.41 Å². The molecule has 3 rings (SSSR count). The Labute approximate surface area is 210 Å². The van der Waals surface area contributed by atoms with Crippen molar-refractivity contribution in [3.05, 3.63) is 18.3 Å². The van der Waals surface area contributed by atoms with Gasteiger partial charge in [0.2, 0.25) is 5.95 Å². The molecule has 0 spiro atoms. The van der Waals surface area contributed by atoms with Crippen LogP contribution in [-0.2, 0) is 4.74 Å². The van der Waals surface area contributed by atoms with E-state index in [2.05, 4.69) is 45.5 Å². The van der Waals surface area contributed by atoms with Gasteiger partial charge in [-0.3, -0.25) is 0 Å². The lowest BCUT2D eigenvalue weighted by molar-refractivity contribution is -0.0210. The molecule has 34 heavy (non-hydrogen) atoms. The summed E-state index contributed by atoms with van der Waals surface area (Å²) in [5, 5.41) is 15.9. The first kappa shape index (κ1) is 27.0. The smallest absolute Gasteiger partial charge is 0.410 e. The van der Waals surface area contributed by atoms with E-state index in [9.17, 15) is 9.90 Å². The molecule has 188 valence electrons. The van der Waals surface area contributed by atoms with E-state index in [1.807, 2.05) is 40.8 Å². The quantitative estimate of drug-likeness (QED) is 0.429. The predicted octanol–water partition coefficient (Wildman–Crippen LogP) is 4.83. The van der Waals surface area contributed by atoms with E-state index in [1.54, 1.807) is 16.7 Å². The highest BCUT2D eigenvalue weighted by molar-refractivity contribution is 7.99. The van der Waals surface area contributed by atoms with Gasteiger partial charge >= 0.3 is 6.09 Å². The highest BCUT2D eigenvalue weighted by atomic mass is 32.2. The van der Waals surface area contributed by atoms with Crippen molar-refractivity contribution >= 4 is 49.3 Å². The second kappa shape index (κ2) is 10.2. The first-order chi connectivity index (χ1) is 15.6. The maximum absolute atomic E-state index is 12.3. The van der Waals surface area contributed by atoms with Crippen molar-refractivity contribution in [3.8, 4) is 0 Å². The van der Waals surface area contributed by atoms with Gasteiger partial charge in [0.05, 0.1) is 11.1 Å². The van der Waals surface area contributed by atoms with Crippen LogP contribution in [0.1, 0.15) is 61.3 Å². The van der Waals surface area contributed by atoms with Gasteiger partial charge in [-0.15, -0.1) is 21.0 Å². The summed E-state index contributed by atoms with van der Waals surface area (Å²) < 4.78 is 5.48. The lowest BCUT2D eigenvalue weighted by Crippen LogP contribution is -2.44. The Morgan fingerprint density at radius 3 is 2.44 bits per heavy atom. The van der Waals surface area contributed by atoms with Gasteiger partial charge in [0, 0.05) is 46.8 Å². The van der Waals surface area contributed by atoms with Crippen molar-refractivity contribution < 1.29 is 14.6 Å². The minimum Gasteiger partial charge on any atom is -0.444 e. The van der Waals surface area contributed by atoms with Gasteiger partial charge in [0.15, 0.2) is 0 Å². The van der Waals surface area contributed by atoms with Crippen LogP contribution in [0.4, 0.5) is 10.7 Å². The molecule has 1 aliphatic rings. The number of amides is 1. The number of carbonyl (C=O) groups excluding carboxylic acids is 1. The molecule has 1 fully saturated rings. The fourth-order valence-electron chi connectivity index (χ4n) is 3.45. The van der Waals surface area contributed by atoms with Crippen LogP contribution in [0.3, 0.4) is 0 Å². The molecule has 0 saturated carbocycles. The van der Waals surface area contributed by atoms with Gasteiger partial charge in [0.25, 0.3) is 0 Å². The van der Waals surface area contributed by atoms with E-state index in [4.69, 9.17) is 9.72 Å². The molecule has 1 saturated heterocycles. The third-order valence-electron chi connectivity index (χ3n) is 6.42. The molecule has 1 amide bonds. The molecule has 1 aromatic heterocycles. The minimum absolute atomic E-state index is 0.211. The monoisotopic (exact) mass is 506 g/mol. The second-order valence-electron chi connectivity index (χ2n) is 11.3. The highest BCUT2D eigenvalue weighted by Gasteiger charge is 2.35. The Hall–Kier alpha value is -1.63. The van der Waals surface area contributed by atoms with Gasteiger partial charge in [-0.1, -0.05) is 13.8 Å². The summed E-state index contributed by atoms with van der Waals surface area (Å²) in [6.07, 6.45) is 3.25. The van der Waals surface area contributed by atoms with Crippen LogP contribution in [0.25, 0.3) is 10.9 Å². The number of aromatic nitrogens is 2. The molecular weight excluding hydrogens is 467 g/mol. The Kier molecular flexibility index (Phi) is 8.06. The molecule has 2 heterocycles. The number of aliphatic hydroxyl groups is 1. The lowest BCUT2D eigenvalue weighted by Gasteiger charge is -2.37. The van der Waals surface area contributed by atoms with E-state index in [0.29, 0.717) is 19.0 Å². The molecule has 2 aromatic rings. The molecule has 7 nitrogen and oxygen atoms in total. The molecule has 1 unspecified atom stereocenters. The zero-order chi connectivity index (χ0) is 25.3. The number of anilines is 1. The molecule has 9 heteroatoms. The fraction of sp³-hybridized carbons (Fsp3) is 0.640. The number of hydrogen-bond donors (Lipinski definition) is 2. The van der Waals surface area contributed by atoms with Gasteiger partial charge in [-0.2, -0.15) is 0 Å². The van der Waals surface area contributed by atoms with E-state index in [0.717, 1.165) is 39.7 Å². The van der Waals surface area contributed by atoms with Crippen LogP contribution in [0, 0.1) is 5.41 Å². The Morgan fingerprint density at radius 2 is 1.85 bits per heavy atom. The minimum atomic E-state index is -0.757. The average Bonchev–Trinajstić information content (AvgIpc) is 2.71. The van der Waals surface area contributed by atoms with E-state index in [-0.39, 0.29) is 17.6 Å². The van der Waals surface area contributed by atoms with Crippen molar-refractivity contribution in [1.82, 2.24) is 14.9 Å². The molecule has 1 aromatic carbocycles. The summed E-state index contributed by atoms with van der Waals surface area (Å²) in [5.74, 6) is 1.41. The summed E-state index contributed by atoms with van der Waals surface area (Å²) >= 11 is 1.73. The second-order valence-corrected chi connectivity index (χ2v) is 12.9. The summed E-state index contributed by atoms with van der Waals surface area (Å²) in [4.78, 5) is 24.5. The van der Waals surface area contributed by atoms with E-state index >= 15 is 0 Å². The number of fused-ring (bicyclic) bond motifs is 1. The van der Waals surface area contributed by atoms with Gasteiger partial charge < -0.3 is 20.1 Å². The topological polar surface area (TPSA) is 87.6 Å². The summed E-state index contributed by atoms with van der Waals surface area (Å²) in [7, 11) is 2.79. The summed E-state index contributed by atoms with van der Waals surface area (Å²) in [5.41, 5.74) is -0.560. The SMILES string of the molecule is CC(C)(C)OC(=O)N1CCC(Nc2ncc3cc(SCC(C)(C)C(C)(C)O)cc(P)c3n2)CC1. The zero-order valence-corrected chi connectivity index (χ0v) is 23.4. The van der Waals surface area contributed by atoms with Gasteiger partial charge in [-0.25, -0.2) is 14.8 Å².